The Morgan fingerprint density at radius 2 is 2.00 bits per heavy atom. The van der Waals surface area contributed by atoms with E-state index < -0.39 is 10.0 Å². The number of carbonyl (C=O) groups is 1. The number of morpholine rings is 1. The van der Waals surface area contributed by atoms with Crippen LogP contribution in [0.2, 0.25) is 0 Å². The molecule has 0 unspecified atom stereocenters. The van der Waals surface area contributed by atoms with E-state index in [0.29, 0.717) is 37.2 Å². The first-order valence-corrected chi connectivity index (χ1v) is 13.2. The van der Waals surface area contributed by atoms with Crippen LogP contribution in [0.4, 0.5) is 0 Å². The number of fused-ring (bicyclic) bond motifs is 2. The number of amides is 1. The van der Waals surface area contributed by atoms with Crippen LogP contribution in [0.5, 0.6) is 0 Å². The number of nitrogens with zero attached hydrogens (tertiary/aromatic N) is 2. The smallest absolute Gasteiger partial charge is 0.244 e. The molecule has 9 heteroatoms. The second-order valence-electron chi connectivity index (χ2n) is 8.74. The summed E-state index contributed by atoms with van der Waals surface area (Å²) in [6.45, 7) is 5.53. The van der Waals surface area contributed by atoms with E-state index in [-0.39, 0.29) is 22.1 Å². The monoisotopic (exact) mass is 453 g/mol. The Labute approximate surface area is 183 Å². The van der Waals surface area contributed by atoms with Crippen LogP contribution in [-0.2, 0) is 19.6 Å². The fraction of sp³-hybridized carbons (Fsp3) is 0.714. The Morgan fingerprint density at radius 3 is 2.60 bits per heavy atom. The first-order valence-electron chi connectivity index (χ1n) is 10.9. The minimum atomic E-state index is -3.55. The van der Waals surface area contributed by atoms with Gasteiger partial charge in [-0.2, -0.15) is 4.31 Å². The van der Waals surface area contributed by atoms with E-state index in [2.05, 4.69) is 17.2 Å². The molecule has 7 nitrogen and oxygen atoms in total. The highest BCUT2D eigenvalue weighted by Gasteiger charge is 2.42. The summed E-state index contributed by atoms with van der Waals surface area (Å²) in [6.07, 6.45) is 6.63. The predicted octanol–water partition coefficient (Wildman–Crippen LogP) is 2.52. The predicted molar refractivity (Wildman–Crippen MR) is 116 cm³/mol. The number of rotatable bonds is 7. The maximum atomic E-state index is 12.7. The summed E-state index contributed by atoms with van der Waals surface area (Å²) in [4.78, 5) is 17.2. The summed E-state index contributed by atoms with van der Waals surface area (Å²) in [5, 5.41) is 3.56. The minimum Gasteiger partial charge on any atom is -0.379 e. The zero-order valence-electron chi connectivity index (χ0n) is 17.6. The lowest BCUT2D eigenvalue weighted by molar-refractivity contribution is -0.121. The van der Waals surface area contributed by atoms with Gasteiger partial charge < -0.3 is 10.1 Å². The molecule has 4 rings (SSSR count). The lowest BCUT2D eigenvalue weighted by Crippen LogP contribution is -2.43. The average molecular weight is 454 g/mol. The first kappa shape index (κ1) is 22.0. The Morgan fingerprint density at radius 1 is 1.23 bits per heavy atom. The fourth-order valence-electron chi connectivity index (χ4n) is 5.11. The minimum absolute atomic E-state index is 0.0158. The van der Waals surface area contributed by atoms with Crippen molar-refractivity contribution in [2.24, 2.45) is 17.8 Å². The summed E-state index contributed by atoms with van der Waals surface area (Å²) < 4.78 is 32.0. The van der Waals surface area contributed by atoms with Gasteiger partial charge in [-0.3, -0.25) is 4.79 Å². The molecule has 2 bridgehead atoms. The largest absolute Gasteiger partial charge is 0.379 e. The molecular formula is C21H31N3O4S2. The lowest BCUT2D eigenvalue weighted by Gasteiger charge is -2.29. The van der Waals surface area contributed by atoms with Gasteiger partial charge in [0.15, 0.2) is 0 Å². The number of hydrogen-bond donors (Lipinski definition) is 1. The Kier molecular flexibility index (Phi) is 6.72. The Bertz CT molecular complexity index is 856. The topological polar surface area (TPSA) is 88.6 Å². The van der Waals surface area contributed by atoms with E-state index in [1.54, 1.807) is 12.1 Å². The summed E-state index contributed by atoms with van der Waals surface area (Å²) in [5.74, 6) is 2.26. The van der Waals surface area contributed by atoms with Crippen molar-refractivity contribution in [3.05, 3.63) is 18.3 Å². The van der Waals surface area contributed by atoms with Crippen LogP contribution in [0.3, 0.4) is 0 Å². The molecule has 2 saturated carbocycles. The number of ether oxygens (including phenoxy) is 1. The second-order valence-corrected chi connectivity index (χ2v) is 12.0. The molecule has 0 spiro atoms. The van der Waals surface area contributed by atoms with Gasteiger partial charge in [0.2, 0.25) is 15.9 Å². The third kappa shape index (κ3) is 4.69. The molecule has 1 amide bonds. The molecule has 5 atom stereocenters. The molecule has 3 fully saturated rings. The molecule has 166 valence electrons. The summed E-state index contributed by atoms with van der Waals surface area (Å²) in [7, 11) is -3.55. The van der Waals surface area contributed by atoms with Gasteiger partial charge in [-0.05, 0) is 63.0 Å². The number of pyridine rings is 1. The number of aromatic nitrogens is 1. The van der Waals surface area contributed by atoms with E-state index in [1.807, 2.05) is 6.92 Å². The maximum Gasteiger partial charge on any atom is 0.244 e. The quantitative estimate of drug-likeness (QED) is 0.638. The van der Waals surface area contributed by atoms with Crippen molar-refractivity contribution >= 4 is 27.7 Å². The van der Waals surface area contributed by atoms with Crippen molar-refractivity contribution in [1.29, 1.82) is 0 Å². The van der Waals surface area contributed by atoms with E-state index in [0.717, 1.165) is 11.8 Å². The molecule has 1 aromatic rings. The van der Waals surface area contributed by atoms with Crippen LogP contribution >= 0.6 is 11.8 Å². The van der Waals surface area contributed by atoms with Gasteiger partial charge >= 0.3 is 0 Å². The number of thioether (sulfide) groups is 1. The molecular weight excluding hydrogens is 422 g/mol. The van der Waals surface area contributed by atoms with Gasteiger partial charge in [-0.25, -0.2) is 13.4 Å². The number of hydrogen-bond acceptors (Lipinski definition) is 6. The highest BCUT2D eigenvalue weighted by Crippen LogP contribution is 2.49. The van der Waals surface area contributed by atoms with Crippen molar-refractivity contribution in [1.82, 2.24) is 14.6 Å². The fourth-order valence-corrected chi connectivity index (χ4v) is 7.27. The van der Waals surface area contributed by atoms with Gasteiger partial charge in [-0.15, -0.1) is 0 Å². The molecule has 0 radical (unpaired) electrons. The third-order valence-corrected chi connectivity index (χ3v) is 9.72. The normalized spacial score (nSPS) is 28.9. The Hall–Kier alpha value is -1.16. The van der Waals surface area contributed by atoms with Gasteiger partial charge in [0.1, 0.15) is 4.90 Å². The van der Waals surface area contributed by atoms with E-state index in [4.69, 9.17) is 4.74 Å². The number of sulfonamides is 1. The van der Waals surface area contributed by atoms with Gasteiger partial charge in [0.05, 0.1) is 23.5 Å². The zero-order valence-corrected chi connectivity index (χ0v) is 19.3. The first-order chi connectivity index (χ1) is 14.3. The lowest BCUT2D eigenvalue weighted by atomic mass is 9.84. The van der Waals surface area contributed by atoms with Crippen LogP contribution in [-0.4, -0.2) is 61.2 Å². The molecule has 1 aromatic heterocycles. The molecule has 3 aliphatic rings. The summed E-state index contributed by atoms with van der Waals surface area (Å²) >= 11 is 1.35. The second kappa shape index (κ2) is 9.14. The van der Waals surface area contributed by atoms with Crippen LogP contribution in [0.1, 0.15) is 39.5 Å². The summed E-state index contributed by atoms with van der Waals surface area (Å²) in [5.41, 5.74) is 0. The number of nitrogens with one attached hydrogen (secondary N) is 1. The van der Waals surface area contributed by atoms with E-state index in [1.165, 1.54) is 47.9 Å². The third-order valence-electron chi connectivity index (χ3n) is 6.79. The Balaban J connectivity index is 1.31. The molecule has 2 heterocycles. The molecule has 2 aliphatic carbocycles. The zero-order chi connectivity index (χ0) is 21.3. The van der Waals surface area contributed by atoms with Crippen LogP contribution in [0, 0.1) is 17.8 Å². The van der Waals surface area contributed by atoms with Crippen LogP contribution in [0.15, 0.2) is 28.3 Å². The maximum absolute atomic E-state index is 12.7. The molecule has 30 heavy (non-hydrogen) atoms. The van der Waals surface area contributed by atoms with Gasteiger partial charge in [-0.1, -0.05) is 18.2 Å². The van der Waals surface area contributed by atoms with Crippen LogP contribution in [0.25, 0.3) is 0 Å². The summed E-state index contributed by atoms with van der Waals surface area (Å²) in [6, 6.07) is 3.45. The van der Waals surface area contributed by atoms with Crippen molar-refractivity contribution < 1.29 is 17.9 Å². The van der Waals surface area contributed by atoms with Crippen molar-refractivity contribution in [2.45, 2.75) is 60.7 Å². The average Bonchev–Trinajstić information content (AvgIpc) is 3.38. The van der Waals surface area contributed by atoms with Gasteiger partial charge in [0.25, 0.3) is 0 Å². The highest BCUT2D eigenvalue weighted by atomic mass is 32.2. The van der Waals surface area contributed by atoms with Crippen molar-refractivity contribution in [2.75, 3.05) is 26.3 Å². The van der Waals surface area contributed by atoms with E-state index >= 15 is 0 Å². The van der Waals surface area contributed by atoms with E-state index in [9.17, 15) is 13.2 Å². The van der Waals surface area contributed by atoms with Crippen LogP contribution < -0.4 is 5.32 Å². The molecule has 1 aliphatic heterocycles. The molecule has 1 N–H and O–H groups in total. The molecule has 1 saturated heterocycles. The molecule has 0 aromatic carbocycles. The standard InChI is InChI=1S/C21H31N3O4S2/c1-14(19-12-16-3-4-17(19)11-16)23-21(25)15(2)29-20-6-5-18(13-22-20)30(26,27)24-7-9-28-10-8-24/h5-6,13-17,19H,3-4,7-12H2,1-2H3,(H,23,25)/t14-,15-,16-,17-,19+/m0/s1. The number of carbonyl (C=O) groups excluding carboxylic acids is 1. The van der Waals surface area contributed by atoms with Crippen molar-refractivity contribution in [3.8, 4) is 0 Å². The van der Waals surface area contributed by atoms with Crippen molar-refractivity contribution in [3.63, 3.8) is 0 Å². The highest BCUT2D eigenvalue weighted by molar-refractivity contribution is 8.00. The SMILES string of the molecule is C[C@H](Sc1ccc(S(=O)(=O)N2CCOCC2)cn1)C(=O)N[C@@H](C)[C@H]1C[C@H]2CC[C@H]1C2. The van der Waals surface area contributed by atoms with Gasteiger partial charge in [0, 0.05) is 25.3 Å².